The number of hydrogen-bond donors (Lipinski definition) is 3. The largest absolute Gasteiger partial charge is 0.366 e. The molecular weight excluding hydrogens is 386 g/mol. The van der Waals surface area contributed by atoms with Crippen LogP contribution in [0.2, 0.25) is 0 Å². The summed E-state index contributed by atoms with van der Waals surface area (Å²) in [5.41, 5.74) is 1.77. The van der Waals surface area contributed by atoms with Crippen molar-refractivity contribution in [2.24, 2.45) is 5.10 Å². The van der Waals surface area contributed by atoms with E-state index in [1.807, 2.05) is 31.6 Å². The predicted molar refractivity (Wildman–Crippen MR) is 120 cm³/mol. The second-order valence-electron chi connectivity index (χ2n) is 7.09. The lowest BCUT2D eigenvalue weighted by Gasteiger charge is -2.29. The number of hydrazone groups is 1. The summed E-state index contributed by atoms with van der Waals surface area (Å²) < 4.78 is 1.05. The van der Waals surface area contributed by atoms with Crippen LogP contribution in [0.5, 0.6) is 0 Å². The molecule has 0 spiro atoms. The summed E-state index contributed by atoms with van der Waals surface area (Å²) in [6.07, 6.45) is 6.95. The Hall–Kier alpha value is -2.94. The SMILES string of the molecule is C=CC(=O)NC1CCC(Nc2nc(N/C(C)=C/N(C)N=C)nc3ccsc23)CC1. The standard InChI is InChI=1S/C20H27N7OS/c1-5-17(28)23-14-6-8-15(9-7-14)24-19-18-16(10-11-29-18)25-20(26-19)22-13(2)12-27(4)21-3/h5,10-12,14-15H,1,3,6-9H2,2,4H3,(H,23,28)(H2,22,24,25,26)/b13-12+. The van der Waals surface area contributed by atoms with Gasteiger partial charge in [-0.3, -0.25) is 9.80 Å². The quantitative estimate of drug-likeness (QED) is 0.348. The summed E-state index contributed by atoms with van der Waals surface area (Å²) in [5.74, 6) is 1.28. The van der Waals surface area contributed by atoms with Crippen molar-refractivity contribution in [2.75, 3.05) is 17.7 Å². The molecule has 154 valence electrons. The summed E-state index contributed by atoms with van der Waals surface area (Å²) in [5, 5.41) is 17.3. The molecule has 3 rings (SSSR count). The van der Waals surface area contributed by atoms with Crippen molar-refractivity contribution in [1.82, 2.24) is 20.3 Å². The Morgan fingerprint density at radius 1 is 1.31 bits per heavy atom. The minimum atomic E-state index is -0.103. The maximum Gasteiger partial charge on any atom is 0.243 e. The number of nitrogens with one attached hydrogen (secondary N) is 3. The molecule has 3 N–H and O–H groups in total. The van der Waals surface area contributed by atoms with Crippen molar-refractivity contribution in [2.45, 2.75) is 44.7 Å². The van der Waals surface area contributed by atoms with E-state index < -0.39 is 0 Å². The summed E-state index contributed by atoms with van der Waals surface area (Å²) in [6.45, 7) is 8.93. The summed E-state index contributed by atoms with van der Waals surface area (Å²) in [7, 11) is 1.81. The fourth-order valence-corrected chi connectivity index (χ4v) is 4.17. The predicted octanol–water partition coefficient (Wildman–Crippen LogP) is 3.54. The minimum Gasteiger partial charge on any atom is -0.366 e. The van der Waals surface area contributed by atoms with E-state index in [1.54, 1.807) is 16.3 Å². The fraction of sp³-hybridized carbons (Fsp3) is 0.400. The second kappa shape index (κ2) is 9.51. The van der Waals surface area contributed by atoms with E-state index in [4.69, 9.17) is 4.98 Å². The molecule has 1 saturated carbocycles. The van der Waals surface area contributed by atoms with Crippen LogP contribution < -0.4 is 16.0 Å². The van der Waals surface area contributed by atoms with Gasteiger partial charge in [0.15, 0.2) is 0 Å². The first-order valence-electron chi connectivity index (χ1n) is 9.58. The number of carbonyl (C=O) groups is 1. The molecular formula is C20H27N7OS. The molecule has 1 aliphatic carbocycles. The van der Waals surface area contributed by atoms with Gasteiger partial charge in [-0.15, -0.1) is 11.3 Å². The Morgan fingerprint density at radius 3 is 2.72 bits per heavy atom. The zero-order chi connectivity index (χ0) is 20.8. The minimum absolute atomic E-state index is 0.103. The number of hydrogen-bond acceptors (Lipinski definition) is 8. The maximum absolute atomic E-state index is 11.5. The van der Waals surface area contributed by atoms with Crippen molar-refractivity contribution >= 4 is 45.9 Å². The van der Waals surface area contributed by atoms with Gasteiger partial charge in [-0.1, -0.05) is 6.58 Å². The van der Waals surface area contributed by atoms with Gasteiger partial charge in [0.1, 0.15) is 5.82 Å². The molecule has 1 fully saturated rings. The molecule has 29 heavy (non-hydrogen) atoms. The molecule has 0 unspecified atom stereocenters. The van der Waals surface area contributed by atoms with E-state index >= 15 is 0 Å². The van der Waals surface area contributed by atoms with Crippen LogP contribution in [-0.4, -0.2) is 46.7 Å². The number of allylic oxidation sites excluding steroid dienone is 1. The average molecular weight is 414 g/mol. The third kappa shape index (κ3) is 5.54. The van der Waals surface area contributed by atoms with Crippen LogP contribution in [0.3, 0.4) is 0 Å². The fourth-order valence-electron chi connectivity index (χ4n) is 3.38. The number of amides is 1. The molecule has 1 aliphatic rings. The Morgan fingerprint density at radius 2 is 2.03 bits per heavy atom. The van der Waals surface area contributed by atoms with E-state index in [0.29, 0.717) is 12.0 Å². The molecule has 9 heteroatoms. The maximum atomic E-state index is 11.5. The molecule has 0 saturated heterocycles. The Kier molecular flexibility index (Phi) is 6.82. The van der Waals surface area contributed by atoms with Crippen LogP contribution in [0.25, 0.3) is 10.2 Å². The summed E-state index contributed by atoms with van der Waals surface area (Å²) in [6, 6.07) is 2.52. The molecule has 8 nitrogen and oxygen atoms in total. The number of thiophene rings is 1. The van der Waals surface area contributed by atoms with Gasteiger partial charge in [0.2, 0.25) is 11.9 Å². The third-order valence-corrected chi connectivity index (χ3v) is 5.73. The van der Waals surface area contributed by atoms with Crippen LogP contribution in [0, 0.1) is 0 Å². The van der Waals surface area contributed by atoms with Gasteiger partial charge in [0, 0.05) is 37.7 Å². The lowest BCUT2D eigenvalue weighted by molar-refractivity contribution is -0.117. The zero-order valence-corrected chi connectivity index (χ0v) is 17.6. The van der Waals surface area contributed by atoms with Crippen molar-refractivity contribution in [3.63, 3.8) is 0 Å². The highest BCUT2D eigenvalue weighted by Crippen LogP contribution is 2.30. The number of anilines is 2. The van der Waals surface area contributed by atoms with Crippen LogP contribution in [0.1, 0.15) is 32.6 Å². The molecule has 0 bridgehead atoms. The van der Waals surface area contributed by atoms with Gasteiger partial charge < -0.3 is 16.0 Å². The van der Waals surface area contributed by atoms with Gasteiger partial charge in [0.05, 0.1) is 10.2 Å². The highest BCUT2D eigenvalue weighted by atomic mass is 32.1. The Balaban J connectivity index is 1.70. The van der Waals surface area contributed by atoms with Crippen molar-refractivity contribution < 1.29 is 4.79 Å². The molecule has 2 aromatic heterocycles. The van der Waals surface area contributed by atoms with Crippen LogP contribution in [-0.2, 0) is 4.79 Å². The molecule has 2 heterocycles. The molecule has 2 aromatic rings. The number of rotatable bonds is 8. The molecule has 1 amide bonds. The van der Waals surface area contributed by atoms with Crippen LogP contribution in [0.4, 0.5) is 11.8 Å². The molecule has 0 radical (unpaired) electrons. The van der Waals surface area contributed by atoms with E-state index in [-0.39, 0.29) is 11.9 Å². The number of carbonyl (C=O) groups excluding carboxylic acids is 1. The first kappa shape index (κ1) is 20.8. The molecule has 0 aliphatic heterocycles. The molecule has 0 atom stereocenters. The average Bonchev–Trinajstić information content (AvgIpc) is 3.18. The normalized spacial score (nSPS) is 19.4. The third-order valence-electron chi connectivity index (χ3n) is 4.82. The van der Waals surface area contributed by atoms with Gasteiger partial charge in [-0.05, 0) is 50.1 Å². The monoisotopic (exact) mass is 413 g/mol. The van der Waals surface area contributed by atoms with E-state index in [9.17, 15) is 4.79 Å². The van der Waals surface area contributed by atoms with E-state index in [2.05, 4.69) is 39.3 Å². The number of fused-ring (bicyclic) bond motifs is 1. The lowest BCUT2D eigenvalue weighted by Crippen LogP contribution is -2.39. The summed E-state index contributed by atoms with van der Waals surface area (Å²) in [4.78, 5) is 20.8. The van der Waals surface area contributed by atoms with Gasteiger partial charge in [-0.2, -0.15) is 10.1 Å². The Bertz CT molecular complexity index is 915. The second-order valence-corrected chi connectivity index (χ2v) is 8.00. The first-order valence-corrected chi connectivity index (χ1v) is 10.5. The highest BCUT2D eigenvalue weighted by molar-refractivity contribution is 7.17. The lowest BCUT2D eigenvalue weighted by atomic mass is 9.91. The van der Waals surface area contributed by atoms with Gasteiger partial charge >= 0.3 is 0 Å². The van der Waals surface area contributed by atoms with E-state index in [1.165, 1.54) is 6.08 Å². The van der Waals surface area contributed by atoms with Crippen molar-refractivity contribution in [1.29, 1.82) is 0 Å². The van der Waals surface area contributed by atoms with Crippen LogP contribution in [0.15, 0.2) is 41.1 Å². The topological polar surface area (TPSA) is 94.5 Å². The molecule has 0 aromatic carbocycles. The number of aromatic nitrogens is 2. The Labute approximate surface area is 174 Å². The van der Waals surface area contributed by atoms with Gasteiger partial charge in [-0.25, -0.2) is 4.98 Å². The zero-order valence-electron chi connectivity index (χ0n) is 16.8. The van der Waals surface area contributed by atoms with Crippen LogP contribution >= 0.6 is 11.3 Å². The first-order chi connectivity index (χ1) is 14.0. The summed E-state index contributed by atoms with van der Waals surface area (Å²) >= 11 is 1.63. The van der Waals surface area contributed by atoms with E-state index in [0.717, 1.165) is 47.4 Å². The number of nitrogens with zero attached hydrogens (tertiary/aromatic N) is 4. The van der Waals surface area contributed by atoms with Crippen molar-refractivity contribution in [3.05, 3.63) is 36.0 Å². The van der Waals surface area contributed by atoms with Crippen molar-refractivity contribution in [3.8, 4) is 0 Å². The smallest absolute Gasteiger partial charge is 0.243 e. The highest BCUT2D eigenvalue weighted by Gasteiger charge is 2.23. The van der Waals surface area contributed by atoms with Gasteiger partial charge in [0.25, 0.3) is 0 Å².